The molecule has 1 fully saturated rings. The Morgan fingerprint density at radius 1 is 1.38 bits per heavy atom. The summed E-state index contributed by atoms with van der Waals surface area (Å²) in [5.74, 6) is -0.252. The van der Waals surface area contributed by atoms with E-state index in [0.717, 1.165) is 18.5 Å². The molecule has 2 heterocycles. The van der Waals surface area contributed by atoms with Crippen LogP contribution >= 0.6 is 0 Å². The van der Waals surface area contributed by atoms with E-state index in [1.165, 1.54) is 25.5 Å². The van der Waals surface area contributed by atoms with Crippen molar-refractivity contribution in [2.45, 2.75) is 31.7 Å². The van der Waals surface area contributed by atoms with Crippen LogP contribution in [0.1, 0.15) is 37.3 Å². The Kier molecular flexibility index (Phi) is 3.85. The van der Waals surface area contributed by atoms with E-state index in [4.69, 9.17) is 0 Å². The van der Waals surface area contributed by atoms with Crippen LogP contribution in [-0.2, 0) is 0 Å². The fourth-order valence-corrected chi connectivity index (χ4v) is 2.33. The number of nitrogens with zero attached hydrogens (tertiary/aromatic N) is 2. The molecule has 0 saturated carbocycles. The molecule has 1 aliphatic rings. The number of hydrogen-bond acceptors (Lipinski definition) is 3. The minimum Gasteiger partial charge on any atom is -0.261 e. The smallest absolute Gasteiger partial charge is 0.141 e. The number of pyridine rings is 1. The third kappa shape index (κ3) is 2.57. The van der Waals surface area contributed by atoms with Crippen molar-refractivity contribution in [2.75, 3.05) is 13.6 Å². The van der Waals surface area contributed by atoms with Gasteiger partial charge in [-0.1, -0.05) is 12.8 Å². The van der Waals surface area contributed by atoms with Gasteiger partial charge in [0.25, 0.3) is 0 Å². The van der Waals surface area contributed by atoms with Gasteiger partial charge in [0, 0.05) is 12.7 Å². The minimum absolute atomic E-state index is 0.246. The first kappa shape index (κ1) is 11.5. The van der Waals surface area contributed by atoms with Gasteiger partial charge in [-0.2, -0.15) is 0 Å². The molecule has 1 atom stereocenters. The number of aromatic nitrogens is 1. The lowest BCUT2D eigenvalue weighted by Gasteiger charge is -2.28. The molecule has 1 aliphatic heterocycles. The van der Waals surface area contributed by atoms with Gasteiger partial charge in [-0.15, -0.1) is 0 Å². The maximum atomic E-state index is 13.2. The molecule has 0 radical (unpaired) electrons. The average molecular weight is 223 g/mol. The van der Waals surface area contributed by atoms with Crippen LogP contribution in [0.25, 0.3) is 0 Å². The van der Waals surface area contributed by atoms with Crippen LogP contribution in [-0.4, -0.2) is 23.6 Å². The van der Waals surface area contributed by atoms with Gasteiger partial charge in [0.05, 0.1) is 12.2 Å². The zero-order chi connectivity index (χ0) is 11.4. The molecule has 16 heavy (non-hydrogen) atoms. The van der Waals surface area contributed by atoms with Crippen molar-refractivity contribution in [1.29, 1.82) is 0 Å². The SMILES string of the molecule is CNN1CCCCCC1c1cncc(F)c1. The number of hydrazine groups is 1. The van der Waals surface area contributed by atoms with E-state index in [1.807, 2.05) is 7.05 Å². The standard InChI is InChI=1S/C12H18FN3/c1-14-16-6-4-2-3-5-12(16)10-7-11(13)9-15-8-10/h7-9,12,14H,2-6H2,1H3. The van der Waals surface area contributed by atoms with Crippen LogP contribution in [0.2, 0.25) is 0 Å². The molecule has 0 aromatic carbocycles. The first-order valence-electron chi connectivity index (χ1n) is 5.86. The summed E-state index contributed by atoms with van der Waals surface area (Å²) in [6.45, 7) is 1.01. The van der Waals surface area contributed by atoms with E-state index < -0.39 is 0 Å². The van der Waals surface area contributed by atoms with Gasteiger partial charge < -0.3 is 0 Å². The molecule has 4 heteroatoms. The Bertz CT molecular complexity index is 343. The molecule has 0 aliphatic carbocycles. The number of hydrogen-bond donors (Lipinski definition) is 1. The molecule has 2 rings (SSSR count). The summed E-state index contributed by atoms with van der Waals surface area (Å²) < 4.78 is 13.2. The third-order valence-electron chi connectivity index (χ3n) is 3.15. The van der Waals surface area contributed by atoms with Gasteiger partial charge in [-0.25, -0.2) is 9.40 Å². The first-order valence-corrected chi connectivity index (χ1v) is 5.86. The molecule has 1 N–H and O–H groups in total. The van der Waals surface area contributed by atoms with Crippen molar-refractivity contribution in [1.82, 2.24) is 15.4 Å². The van der Waals surface area contributed by atoms with E-state index in [0.29, 0.717) is 0 Å². The average Bonchev–Trinajstić information content (AvgIpc) is 2.53. The molecule has 3 nitrogen and oxygen atoms in total. The number of rotatable bonds is 2. The highest BCUT2D eigenvalue weighted by Crippen LogP contribution is 2.28. The van der Waals surface area contributed by atoms with E-state index in [1.54, 1.807) is 12.3 Å². The molecule has 1 aromatic rings. The van der Waals surface area contributed by atoms with Gasteiger partial charge in [-0.05, 0) is 31.5 Å². The van der Waals surface area contributed by atoms with Crippen molar-refractivity contribution in [3.8, 4) is 0 Å². The van der Waals surface area contributed by atoms with Gasteiger partial charge >= 0.3 is 0 Å². The van der Waals surface area contributed by atoms with Gasteiger partial charge in [0.2, 0.25) is 0 Å². The Balaban J connectivity index is 2.21. The Labute approximate surface area is 95.6 Å². The number of halogens is 1. The van der Waals surface area contributed by atoms with Gasteiger partial charge in [-0.3, -0.25) is 10.4 Å². The fourth-order valence-electron chi connectivity index (χ4n) is 2.33. The van der Waals surface area contributed by atoms with Crippen LogP contribution in [0.15, 0.2) is 18.5 Å². The Morgan fingerprint density at radius 3 is 3.00 bits per heavy atom. The summed E-state index contributed by atoms with van der Waals surface area (Å²) in [7, 11) is 1.92. The van der Waals surface area contributed by atoms with Crippen molar-refractivity contribution >= 4 is 0 Å². The largest absolute Gasteiger partial charge is 0.261 e. The van der Waals surface area contributed by atoms with E-state index in [2.05, 4.69) is 15.4 Å². The molecular weight excluding hydrogens is 205 g/mol. The minimum atomic E-state index is -0.252. The summed E-state index contributed by atoms with van der Waals surface area (Å²) in [4.78, 5) is 3.93. The predicted octanol–water partition coefficient (Wildman–Crippen LogP) is 2.27. The second kappa shape index (κ2) is 5.37. The van der Waals surface area contributed by atoms with Gasteiger partial charge in [0.15, 0.2) is 0 Å². The zero-order valence-corrected chi connectivity index (χ0v) is 9.62. The van der Waals surface area contributed by atoms with Crippen LogP contribution in [0.3, 0.4) is 0 Å². The molecule has 1 unspecified atom stereocenters. The highest BCUT2D eigenvalue weighted by molar-refractivity contribution is 5.15. The maximum absolute atomic E-state index is 13.2. The first-order chi connectivity index (χ1) is 7.81. The van der Waals surface area contributed by atoms with Crippen LogP contribution in [0.5, 0.6) is 0 Å². The van der Waals surface area contributed by atoms with Crippen molar-refractivity contribution in [2.24, 2.45) is 0 Å². The summed E-state index contributed by atoms with van der Waals surface area (Å²) in [5.41, 5.74) is 4.16. The Hall–Kier alpha value is -1.00. The summed E-state index contributed by atoms with van der Waals surface area (Å²) in [6.07, 6.45) is 7.72. The quantitative estimate of drug-likeness (QED) is 0.833. The van der Waals surface area contributed by atoms with Crippen LogP contribution in [0, 0.1) is 5.82 Å². The molecule has 88 valence electrons. The summed E-state index contributed by atoms with van der Waals surface area (Å²) >= 11 is 0. The van der Waals surface area contributed by atoms with Crippen molar-refractivity contribution in [3.05, 3.63) is 29.8 Å². The van der Waals surface area contributed by atoms with E-state index >= 15 is 0 Å². The van der Waals surface area contributed by atoms with Crippen LogP contribution < -0.4 is 5.43 Å². The fraction of sp³-hybridized carbons (Fsp3) is 0.583. The molecule has 0 amide bonds. The highest BCUT2D eigenvalue weighted by Gasteiger charge is 2.21. The summed E-state index contributed by atoms with van der Waals surface area (Å²) in [5, 5.41) is 2.18. The summed E-state index contributed by atoms with van der Waals surface area (Å²) in [6, 6.07) is 1.84. The second-order valence-corrected chi connectivity index (χ2v) is 4.22. The van der Waals surface area contributed by atoms with E-state index in [-0.39, 0.29) is 11.9 Å². The third-order valence-corrected chi connectivity index (χ3v) is 3.15. The maximum Gasteiger partial charge on any atom is 0.141 e. The molecule has 1 saturated heterocycles. The van der Waals surface area contributed by atoms with Crippen molar-refractivity contribution in [3.63, 3.8) is 0 Å². The Morgan fingerprint density at radius 2 is 2.25 bits per heavy atom. The molecule has 0 spiro atoms. The van der Waals surface area contributed by atoms with Crippen LogP contribution in [0.4, 0.5) is 4.39 Å². The second-order valence-electron chi connectivity index (χ2n) is 4.22. The van der Waals surface area contributed by atoms with Gasteiger partial charge in [0.1, 0.15) is 5.82 Å². The topological polar surface area (TPSA) is 28.2 Å². The number of nitrogens with one attached hydrogen (secondary N) is 1. The highest BCUT2D eigenvalue weighted by atomic mass is 19.1. The lowest BCUT2D eigenvalue weighted by Crippen LogP contribution is -2.38. The van der Waals surface area contributed by atoms with Crippen molar-refractivity contribution < 1.29 is 4.39 Å². The molecule has 0 bridgehead atoms. The lowest BCUT2D eigenvalue weighted by atomic mass is 10.0. The molecular formula is C12H18FN3. The predicted molar refractivity (Wildman–Crippen MR) is 61.2 cm³/mol. The normalized spacial score (nSPS) is 23.0. The lowest BCUT2D eigenvalue weighted by molar-refractivity contribution is 0.142. The molecule has 1 aromatic heterocycles. The monoisotopic (exact) mass is 223 g/mol. The zero-order valence-electron chi connectivity index (χ0n) is 9.62. The van der Waals surface area contributed by atoms with E-state index in [9.17, 15) is 4.39 Å².